The molecule has 0 aliphatic heterocycles. The van der Waals surface area contributed by atoms with Gasteiger partial charge in [0.25, 0.3) is 0 Å². The van der Waals surface area contributed by atoms with Crippen LogP contribution < -0.4 is 5.73 Å². The molecule has 1 unspecified atom stereocenters. The van der Waals surface area contributed by atoms with Crippen molar-refractivity contribution in [1.82, 2.24) is 0 Å². The number of benzene rings is 2. The number of nitrogens with two attached hydrogens (primary N) is 1. The number of rotatable bonds is 2. The number of phenolic OH excluding ortho intramolecular Hbond substituents is 2. The van der Waals surface area contributed by atoms with Crippen LogP contribution in [0.5, 0.6) is 11.5 Å². The summed E-state index contributed by atoms with van der Waals surface area (Å²) in [5, 5.41) is 21.8. The minimum Gasteiger partial charge on any atom is -0.508 e. The highest BCUT2D eigenvalue weighted by Gasteiger charge is 2.49. The average molecular weight is 243 g/mol. The molecule has 1 aliphatic carbocycles. The number of aromatic hydroxyl groups is 2. The lowest BCUT2D eigenvalue weighted by Crippen LogP contribution is -2.31. The first-order valence-electron chi connectivity index (χ1n) is 6.25. The van der Waals surface area contributed by atoms with E-state index in [-0.39, 0.29) is 23.0 Å². The maximum absolute atomic E-state index is 10.2. The van der Waals surface area contributed by atoms with E-state index in [4.69, 9.17) is 5.73 Å². The minimum atomic E-state index is -0.128. The van der Waals surface area contributed by atoms with Crippen LogP contribution in [0.2, 0.25) is 0 Å². The molecule has 2 aromatic carbocycles. The average Bonchev–Trinajstić information content (AvgIpc) is 3.10. The fraction of sp³-hybridized carbons (Fsp3) is 0.333. The summed E-state index contributed by atoms with van der Waals surface area (Å²) in [4.78, 5) is 0. The van der Waals surface area contributed by atoms with Crippen LogP contribution in [0.4, 0.5) is 0 Å². The summed E-state index contributed by atoms with van der Waals surface area (Å²) in [6.45, 7) is 1.98. The van der Waals surface area contributed by atoms with Gasteiger partial charge in [-0.05, 0) is 48.7 Å². The lowest BCUT2D eigenvalue weighted by Gasteiger charge is -2.23. The van der Waals surface area contributed by atoms with Crippen molar-refractivity contribution in [2.45, 2.75) is 31.2 Å². The van der Waals surface area contributed by atoms with Crippen molar-refractivity contribution in [3.63, 3.8) is 0 Å². The number of hydrogen-bond acceptors (Lipinski definition) is 3. The molecule has 1 aliphatic rings. The van der Waals surface area contributed by atoms with E-state index in [1.165, 1.54) is 0 Å². The van der Waals surface area contributed by atoms with E-state index in [1.807, 2.05) is 19.1 Å². The zero-order valence-electron chi connectivity index (χ0n) is 10.4. The third-order valence-electron chi connectivity index (χ3n) is 4.14. The van der Waals surface area contributed by atoms with Crippen molar-refractivity contribution < 1.29 is 10.2 Å². The molecule has 3 nitrogen and oxygen atoms in total. The van der Waals surface area contributed by atoms with Gasteiger partial charge in [0, 0.05) is 17.0 Å². The fourth-order valence-electron chi connectivity index (χ4n) is 2.89. The summed E-state index contributed by atoms with van der Waals surface area (Å²) < 4.78 is 0. The summed E-state index contributed by atoms with van der Waals surface area (Å²) in [5.41, 5.74) is 6.86. The molecule has 4 N–H and O–H groups in total. The van der Waals surface area contributed by atoms with Crippen LogP contribution in [-0.4, -0.2) is 16.3 Å². The molecule has 3 heteroatoms. The van der Waals surface area contributed by atoms with Crippen molar-refractivity contribution in [3.8, 4) is 11.5 Å². The minimum absolute atomic E-state index is 0.00338. The Labute approximate surface area is 106 Å². The Morgan fingerprint density at radius 3 is 2.44 bits per heavy atom. The Kier molecular flexibility index (Phi) is 2.29. The highest BCUT2D eigenvalue weighted by Crippen LogP contribution is 2.55. The van der Waals surface area contributed by atoms with Gasteiger partial charge in [-0.25, -0.2) is 0 Å². The molecule has 0 aromatic heterocycles. The predicted molar refractivity (Wildman–Crippen MR) is 71.8 cm³/mol. The summed E-state index contributed by atoms with van der Waals surface area (Å²) in [5.74, 6) is 0.498. The van der Waals surface area contributed by atoms with Gasteiger partial charge < -0.3 is 15.9 Å². The SMILES string of the molecule is CC(N)C1(c2c(O)ccc3ccc(O)cc23)CC1. The second-order valence-electron chi connectivity index (χ2n) is 5.31. The van der Waals surface area contributed by atoms with Gasteiger partial charge in [-0.2, -0.15) is 0 Å². The van der Waals surface area contributed by atoms with Gasteiger partial charge in [0.1, 0.15) is 11.5 Å². The van der Waals surface area contributed by atoms with Crippen molar-refractivity contribution in [2.75, 3.05) is 0 Å². The van der Waals surface area contributed by atoms with Crippen LogP contribution in [0.25, 0.3) is 10.8 Å². The smallest absolute Gasteiger partial charge is 0.120 e. The lowest BCUT2D eigenvalue weighted by atomic mass is 9.85. The van der Waals surface area contributed by atoms with E-state index in [1.54, 1.807) is 18.2 Å². The Morgan fingerprint density at radius 1 is 1.17 bits per heavy atom. The summed E-state index contributed by atoms with van der Waals surface area (Å²) in [6, 6.07) is 8.82. The summed E-state index contributed by atoms with van der Waals surface area (Å²) in [7, 11) is 0. The van der Waals surface area contributed by atoms with Crippen molar-refractivity contribution in [3.05, 3.63) is 35.9 Å². The van der Waals surface area contributed by atoms with Crippen LogP contribution in [0.3, 0.4) is 0 Å². The Morgan fingerprint density at radius 2 is 1.83 bits per heavy atom. The fourth-order valence-corrected chi connectivity index (χ4v) is 2.89. The standard InChI is InChI=1S/C15H17NO2/c1-9(16)15(6-7-15)14-12-8-11(17)4-2-10(12)3-5-13(14)18/h2-5,8-9,17-18H,6-7,16H2,1H3. The van der Waals surface area contributed by atoms with Gasteiger partial charge >= 0.3 is 0 Å². The van der Waals surface area contributed by atoms with Gasteiger partial charge in [-0.3, -0.25) is 0 Å². The molecule has 3 rings (SSSR count). The van der Waals surface area contributed by atoms with Crippen molar-refractivity contribution in [2.24, 2.45) is 5.73 Å². The zero-order chi connectivity index (χ0) is 12.9. The van der Waals surface area contributed by atoms with Crippen LogP contribution in [0.15, 0.2) is 30.3 Å². The number of phenols is 2. The number of hydrogen-bond donors (Lipinski definition) is 3. The molecular weight excluding hydrogens is 226 g/mol. The largest absolute Gasteiger partial charge is 0.508 e. The summed E-state index contributed by atoms with van der Waals surface area (Å²) in [6.07, 6.45) is 1.99. The molecule has 1 saturated carbocycles. The molecule has 1 fully saturated rings. The zero-order valence-corrected chi connectivity index (χ0v) is 10.4. The molecule has 1 atom stereocenters. The third-order valence-corrected chi connectivity index (χ3v) is 4.14. The van der Waals surface area contributed by atoms with Gasteiger partial charge in [0.15, 0.2) is 0 Å². The van der Waals surface area contributed by atoms with Crippen LogP contribution in [0.1, 0.15) is 25.3 Å². The van der Waals surface area contributed by atoms with Gasteiger partial charge in [0.05, 0.1) is 0 Å². The molecule has 18 heavy (non-hydrogen) atoms. The van der Waals surface area contributed by atoms with E-state index in [0.29, 0.717) is 0 Å². The van der Waals surface area contributed by atoms with Crippen molar-refractivity contribution >= 4 is 10.8 Å². The second kappa shape index (κ2) is 3.62. The van der Waals surface area contributed by atoms with Crippen LogP contribution in [-0.2, 0) is 5.41 Å². The quantitative estimate of drug-likeness (QED) is 0.759. The van der Waals surface area contributed by atoms with Gasteiger partial charge in [0.2, 0.25) is 0 Å². The molecule has 0 saturated heterocycles. The highest BCUT2D eigenvalue weighted by atomic mass is 16.3. The van der Waals surface area contributed by atoms with E-state index in [2.05, 4.69) is 0 Å². The molecule has 0 bridgehead atoms. The van der Waals surface area contributed by atoms with Crippen LogP contribution in [0, 0.1) is 0 Å². The van der Waals surface area contributed by atoms with E-state index in [9.17, 15) is 10.2 Å². The molecule has 0 heterocycles. The Balaban J connectivity index is 2.33. The van der Waals surface area contributed by atoms with E-state index >= 15 is 0 Å². The predicted octanol–water partition coefficient (Wildman–Crippen LogP) is 2.63. The summed E-state index contributed by atoms with van der Waals surface area (Å²) >= 11 is 0. The van der Waals surface area contributed by atoms with Gasteiger partial charge in [-0.1, -0.05) is 12.1 Å². The Bertz CT molecular complexity index is 610. The first kappa shape index (κ1) is 11.4. The number of fused-ring (bicyclic) bond motifs is 1. The topological polar surface area (TPSA) is 66.5 Å². The molecule has 0 spiro atoms. The second-order valence-corrected chi connectivity index (χ2v) is 5.31. The molecular formula is C15H17NO2. The first-order valence-corrected chi connectivity index (χ1v) is 6.25. The molecule has 2 aromatic rings. The van der Waals surface area contributed by atoms with Crippen LogP contribution >= 0.6 is 0 Å². The third kappa shape index (κ3) is 1.47. The first-order chi connectivity index (χ1) is 8.54. The lowest BCUT2D eigenvalue weighted by molar-refractivity contribution is 0.449. The van der Waals surface area contributed by atoms with E-state index < -0.39 is 0 Å². The normalized spacial score (nSPS) is 18.8. The molecule has 0 amide bonds. The Hall–Kier alpha value is -1.74. The highest BCUT2D eigenvalue weighted by molar-refractivity contribution is 5.90. The molecule has 94 valence electrons. The van der Waals surface area contributed by atoms with Crippen molar-refractivity contribution in [1.29, 1.82) is 0 Å². The maximum atomic E-state index is 10.2. The monoisotopic (exact) mass is 243 g/mol. The van der Waals surface area contributed by atoms with E-state index in [0.717, 1.165) is 29.2 Å². The van der Waals surface area contributed by atoms with Gasteiger partial charge in [-0.15, -0.1) is 0 Å². The maximum Gasteiger partial charge on any atom is 0.120 e. The molecule has 0 radical (unpaired) electrons.